The van der Waals surface area contributed by atoms with Gasteiger partial charge in [-0.15, -0.1) is 35.3 Å². The lowest BCUT2D eigenvalue weighted by Gasteiger charge is -2.17. The van der Waals surface area contributed by atoms with Crippen LogP contribution >= 0.6 is 35.3 Å². The lowest BCUT2D eigenvalue weighted by Crippen LogP contribution is -2.39. The van der Waals surface area contributed by atoms with Gasteiger partial charge in [-0.25, -0.2) is 0 Å². The van der Waals surface area contributed by atoms with Gasteiger partial charge in [-0.1, -0.05) is 19.1 Å². The first-order valence-corrected chi connectivity index (χ1v) is 9.78. The van der Waals surface area contributed by atoms with Gasteiger partial charge in [-0.2, -0.15) is 0 Å². The minimum atomic E-state index is 0. The summed E-state index contributed by atoms with van der Waals surface area (Å²) < 4.78 is 16.3. The van der Waals surface area contributed by atoms with E-state index in [1.165, 1.54) is 4.88 Å². The summed E-state index contributed by atoms with van der Waals surface area (Å²) >= 11 is 1.78. The van der Waals surface area contributed by atoms with Crippen LogP contribution in [0.2, 0.25) is 0 Å². The molecule has 0 aliphatic carbocycles. The highest BCUT2D eigenvalue weighted by Gasteiger charge is 2.15. The van der Waals surface area contributed by atoms with Crippen LogP contribution in [0.15, 0.2) is 34.6 Å². The second-order valence-corrected chi connectivity index (χ2v) is 7.02. The predicted octanol–water partition coefficient (Wildman–Crippen LogP) is 3.90. The van der Waals surface area contributed by atoms with Crippen molar-refractivity contribution in [1.82, 2.24) is 10.6 Å². The van der Waals surface area contributed by atoms with Crippen LogP contribution in [0.5, 0.6) is 17.2 Å². The number of nitrogens with one attached hydrogen (secondary N) is 2. The van der Waals surface area contributed by atoms with Crippen LogP contribution in [0.4, 0.5) is 0 Å². The molecule has 0 amide bonds. The summed E-state index contributed by atoms with van der Waals surface area (Å²) in [5, 5.41) is 8.84. The Morgan fingerprint density at radius 2 is 1.82 bits per heavy atom. The monoisotopic (exact) mass is 519 g/mol. The van der Waals surface area contributed by atoms with Crippen LogP contribution in [0.3, 0.4) is 0 Å². The van der Waals surface area contributed by atoms with Gasteiger partial charge in [-0.3, -0.25) is 4.99 Å². The first-order chi connectivity index (χ1) is 13.1. The maximum Gasteiger partial charge on any atom is 0.203 e. The SMILES string of the molecule is CN=C(NCCc1ccc(OC)c(OC)c1OC)NCC(C)c1cccs1.I. The Balaban J connectivity index is 0.00000392. The zero-order chi connectivity index (χ0) is 19.6. The number of rotatable bonds is 9. The molecule has 2 rings (SSSR count). The van der Waals surface area contributed by atoms with Gasteiger partial charge in [0, 0.05) is 36.5 Å². The Morgan fingerprint density at radius 3 is 2.39 bits per heavy atom. The minimum Gasteiger partial charge on any atom is -0.493 e. The first-order valence-electron chi connectivity index (χ1n) is 8.90. The average Bonchev–Trinajstić information content (AvgIpc) is 3.24. The summed E-state index contributed by atoms with van der Waals surface area (Å²) in [6, 6.07) is 8.14. The molecule has 6 nitrogen and oxygen atoms in total. The number of nitrogens with zero attached hydrogens (tertiary/aromatic N) is 1. The summed E-state index contributed by atoms with van der Waals surface area (Å²) in [6.45, 7) is 3.76. The van der Waals surface area contributed by atoms with E-state index in [-0.39, 0.29) is 24.0 Å². The van der Waals surface area contributed by atoms with Crippen molar-refractivity contribution >= 4 is 41.3 Å². The van der Waals surface area contributed by atoms with Crippen LogP contribution < -0.4 is 24.8 Å². The van der Waals surface area contributed by atoms with Crippen molar-refractivity contribution in [1.29, 1.82) is 0 Å². The van der Waals surface area contributed by atoms with Gasteiger partial charge in [0.1, 0.15) is 0 Å². The molecule has 0 aliphatic rings. The number of methoxy groups -OCH3 is 3. The van der Waals surface area contributed by atoms with E-state index in [0.29, 0.717) is 23.2 Å². The molecule has 1 aromatic heterocycles. The van der Waals surface area contributed by atoms with Gasteiger partial charge in [0.2, 0.25) is 5.75 Å². The number of ether oxygens (including phenoxy) is 3. The zero-order valence-electron chi connectivity index (χ0n) is 17.1. The molecule has 1 unspecified atom stereocenters. The largest absolute Gasteiger partial charge is 0.493 e. The fraction of sp³-hybridized carbons (Fsp3) is 0.450. The first kappa shape index (κ1) is 24.4. The van der Waals surface area contributed by atoms with Crippen LogP contribution in [-0.4, -0.2) is 47.4 Å². The molecule has 0 saturated heterocycles. The van der Waals surface area contributed by atoms with Gasteiger partial charge >= 0.3 is 0 Å². The third-order valence-corrected chi connectivity index (χ3v) is 5.40. The molecule has 0 bridgehead atoms. The van der Waals surface area contributed by atoms with Crippen molar-refractivity contribution in [2.45, 2.75) is 19.3 Å². The number of guanidine groups is 1. The summed E-state index contributed by atoms with van der Waals surface area (Å²) in [6.07, 6.45) is 0.769. The molecule has 1 atom stereocenters. The van der Waals surface area contributed by atoms with Crippen LogP contribution in [-0.2, 0) is 6.42 Å². The number of halogens is 1. The molecule has 2 N–H and O–H groups in total. The van der Waals surface area contributed by atoms with Crippen LogP contribution in [0.1, 0.15) is 23.3 Å². The summed E-state index contributed by atoms with van der Waals surface area (Å²) in [5.74, 6) is 3.20. The number of aliphatic imine (C=N–C) groups is 1. The van der Waals surface area contributed by atoms with E-state index in [0.717, 1.165) is 31.0 Å². The third-order valence-electron chi connectivity index (χ3n) is 4.30. The van der Waals surface area contributed by atoms with E-state index >= 15 is 0 Å². The summed E-state index contributed by atoms with van der Waals surface area (Å²) in [7, 11) is 6.65. The van der Waals surface area contributed by atoms with Gasteiger partial charge < -0.3 is 24.8 Å². The molecule has 0 aliphatic heterocycles. The Kier molecular flexibility index (Phi) is 11.1. The third kappa shape index (κ3) is 6.44. The van der Waals surface area contributed by atoms with Crippen molar-refractivity contribution in [2.75, 3.05) is 41.5 Å². The highest BCUT2D eigenvalue weighted by molar-refractivity contribution is 14.0. The van der Waals surface area contributed by atoms with Crippen LogP contribution in [0.25, 0.3) is 0 Å². The normalized spacial score (nSPS) is 12.0. The lowest BCUT2D eigenvalue weighted by molar-refractivity contribution is 0.322. The Bertz CT molecular complexity index is 739. The van der Waals surface area contributed by atoms with Crippen LogP contribution in [0, 0.1) is 0 Å². The molecule has 2 aromatic rings. The second-order valence-electron chi connectivity index (χ2n) is 6.04. The molecule has 8 heteroatoms. The number of hydrogen-bond acceptors (Lipinski definition) is 5. The highest BCUT2D eigenvalue weighted by Crippen LogP contribution is 2.39. The molecule has 1 heterocycles. The predicted molar refractivity (Wildman–Crippen MR) is 127 cm³/mol. The van der Waals surface area contributed by atoms with E-state index < -0.39 is 0 Å². The molecule has 28 heavy (non-hydrogen) atoms. The van der Waals surface area contributed by atoms with Crippen molar-refractivity contribution < 1.29 is 14.2 Å². The summed E-state index contributed by atoms with van der Waals surface area (Å²) in [5.41, 5.74) is 1.05. The lowest BCUT2D eigenvalue weighted by atomic mass is 10.1. The molecule has 0 fully saturated rings. The number of thiophene rings is 1. The topological polar surface area (TPSA) is 64.1 Å². The second kappa shape index (κ2) is 12.7. The average molecular weight is 519 g/mol. The summed E-state index contributed by atoms with van der Waals surface area (Å²) in [4.78, 5) is 5.67. The number of benzene rings is 1. The molecular weight excluding hydrogens is 489 g/mol. The molecular formula is C20H30IN3O3S. The van der Waals surface area contributed by atoms with E-state index in [4.69, 9.17) is 14.2 Å². The number of hydrogen-bond donors (Lipinski definition) is 2. The fourth-order valence-corrected chi connectivity index (χ4v) is 3.61. The zero-order valence-corrected chi connectivity index (χ0v) is 20.2. The Labute approximate surface area is 188 Å². The van der Waals surface area contributed by atoms with Crippen molar-refractivity contribution in [3.05, 3.63) is 40.1 Å². The highest BCUT2D eigenvalue weighted by atomic mass is 127. The minimum absolute atomic E-state index is 0. The molecule has 0 spiro atoms. The van der Waals surface area contributed by atoms with Gasteiger partial charge in [-0.05, 0) is 23.9 Å². The molecule has 156 valence electrons. The maximum atomic E-state index is 5.54. The van der Waals surface area contributed by atoms with Gasteiger partial charge in [0.15, 0.2) is 17.5 Å². The molecule has 1 aromatic carbocycles. The molecule has 0 radical (unpaired) electrons. The fourth-order valence-electron chi connectivity index (χ4n) is 2.82. The van der Waals surface area contributed by atoms with Crippen molar-refractivity contribution in [2.24, 2.45) is 4.99 Å². The Morgan fingerprint density at radius 1 is 1.07 bits per heavy atom. The van der Waals surface area contributed by atoms with E-state index in [1.807, 2.05) is 12.1 Å². The quantitative estimate of drug-likeness (QED) is 0.299. The van der Waals surface area contributed by atoms with E-state index in [1.54, 1.807) is 39.7 Å². The van der Waals surface area contributed by atoms with Crippen molar-refractivity contribution in [3.63, 3.8) is 0 Å². The smallest absolute Gasteiger partial charge is 0.203 e. The van der Waals surface area contributed by atoms with E-state index in [2.05, 4.69) is 40.1 Å². The Hall–Kier alpha value is -1.68. The van der Waals surface area contributed by atoms with Gasteiger partial charge in [0.25, 0.3) is 0 Å². The van der Waals surface area contributed by atoms with E-state index in [9.17, 15) is 0 Å². The maximum absolute atomic E-state index is 5.54. The molecule has 0 saturated carbocycles. The van der Waals surface area contributed by atoms with Crippen molar-refractivity contribution in [3.8, 4) is 17.2 Å². The standard InChI is InChI=1S/C20H29N3O3S.HI/c1-14(17-7-6-12-27-17)13-23-20(21-2)22-11-10-15-8-9-16(24-3)19(26-5)18(15)25-4;/h6-9,12,14H,10-11,13H2,1-5H3,(H2,21,22,23);1H. The van der Waals surface area contributed by atoms with Gasteiger partial charge in [0.05, 0.1) is 21.3 Å².